The molecule has 1 aromatic heterocycles. The van der Waals surface area contributed by atoms with E-state index in [1.165, 1.54) is 37.0 Å². The lowest BCUT2D eigenvalue weighted by Crippen LogP contribution is -2.05. The van der Waals surface area contributed by atoms with Gasteiger partial charge in [-0.25, -0.2) is 9.78 Å². The smallest absolute Gasteiger partial charge is 0.434 e. The number of alkyl halides is 3. The molecule has 8 heteroatoms. The lowest BCUT2D eigenvalue weighted by molar-refractivity contribution is -0.140. The molecular weight excluding hydrogens is 325 g/mol. The molecule has 0 atom stereocenters. The summed E-state index contributed by atoms with van der Waals surface area (Å²) in [7, 11) is 2.63. The Morgan fingerprint density at radius 2 is 2.00 bits per heavy atom. The predicted molar refractivity (Wildman–Crippen MR) is 78.8 cm³/mol. The van der Waals surface area contributed by atoms with Crippen LogP contribution in [0.3, 0.4) is 0 Å². The number of methoxy groups -OCH3 is 2. The number of imidazole rings is 1. The molecule has 1 heterocycles. The van der Waals surface area contributed by atoms with Crippen molar-refractivity contribution in [3.05, 3.63) is 35.7 Å². The van der Waals surface area contributed by atoms with Gasteiger partial charge in [-0.2, -0.15) is 13.2 Å². The Kier molecular flexibility index (Phi) is 3.98. The van der Waals surface area contributed by atoms with Gasteiger partial charge in [0, 0.05) is 12.2 Å². The van der Waals surface area contributed by atoms with Gasteiger partial charge in [0.15, 0.2) is 5.69 Å². The van der Waals surface area contributed by atoms with Crippen LogP contribution in [0.25, 0.3) is 11.4 Å². The number of carbonyl (C=O) groups is 1. The molecule has 0 radical (unpaired) electrons. The van der Waals surface area contributed by atoms with Crippen LogP contribution in [0.5, 0.6) is 5.75 Å². The van der Waals surface area contributed by atoms with Crippen molar-refractivity contribution in [1.29, 1.82) is 0 Å². The fourth-order valence-electron chi connectivity index (χ4n) is 2.48. The third kappa shape index (κ3) is 2.95. The Hall–Kier alpha value is -2.51. The first-order chi connectivity index (χ1) is 11.3. The van der Waals surface area contributed by atoms with Crippen molar-refractivity contribution < 1.29 is 27.4 Å². The summed E-state index contributed by atoms with van der Waals surface area (Å²) in [4.78, 5) is 15.4. The highest BCUT2D eigenvalue weighted by Gasteiger charge is 2.37. The van der Waals surface area contributed by atoms with Crippen LogP contribution in [0.4, 0.5) is 13.2 Å². The molecule has 0 spiro atoms. The second kappa shape index (κ2) is 5.85. The summed E-state index contributed by atoms with van der Waals surface area (Å²) >= 11 is 0. The Bertz CT molecular complexity index is 779. The van der Waals surface area contributed by atoms with Gasteiger partial charge in [-0.05, 0) is 31.0 Å². The fraction of sp³-hybridized carbons (Fsp3) is 0.375. The van der Waals surface area contributed by atoms with Gasteiger partial charge in [0.2, 0.25) is 0 Å². The maximum absolute atomic E-state index is 13.0. The van der Waals surface area contributed by atoms with E-state index in [9.17, 15) is 18.0 Å². The molecule has 1 aliphatic rings. The number of esters is 1. The average molecular weight is 340 g/mol. The summed E-state index contributed by atoms with van der Waals surface area (Å²) < 4.78 is 50.4. The van der Waals surface area contributed by atoms with Gasteiger partial charge < -0.3 is 14.0 Å². The normalized spacial score (nSPS) is 14.5. The Morgan fingerprint density at radius 3 is 2.54 bits per heavy atom. The van der Waals surface area contributed by atoms with Gasteiger partial charge >= 0.3 is 12.1 Å². The second-order valence-corrected chi connectivity index (χ2v) is 5.49. The summed E-state index contributed by atoms with van der Waals surface area (Å²) in [5, 5.41) is 0. The molecule has 1 fully saturated rings. The Morgan fingerprint density at radius 1 is 1.29 bits per heavy atom. The van der Waals surface area contributed by atoms with Gasteiger partial charge in [-0.15, -0.1) is 0 Å². The molecule has 1 aromatic carbocycles. The number of hydrogen-bond acceptors (Lipinski definition) is 4. The van der Waals surface area contributed by atoms with Crippen LogP contribution in [0.1, 0.15) is 34.9 Å². The number of hydrogen-bond donors (Lipinski definition) is 0. The average Bonchev–Trinajstić information content (AvgIpc) is 3.30. The second-order valence-electron chi connectivity index (χ2n) is 5.49. The highest BCUT2D eigenvalue weighted by atomic mass is 19.4. The van der Waals surface area contributed by atoms with E-state index in [0.29, 0.717) is 5.56 Å². The van der Waals surface area contributed by atoms with Gasteiger partial charge in [0.25, 0.3) is 0 Å². The molecule has 24 heavy (non-hydrogen) atoms. The monoisotopic (exact) mass is 340 g/mol. The van der Waals surface area contributed by atoms with E-state index in [1.807, 2.05) is 0 Å². The minimum atomic E-state index is -4.52. The summed E-state index contributed by atoms with van der Waals surface area (Å²) in [6.45, 7) is 0. The number of halogens is 3. The molecular formula is C16H15F3N2O3. The number of rotatable bonds is 4. The highest BCUT2D eigenvalue weighted by molar-refractivity contribution is 5.91. The van der Waals surface area contributed by atoms with Crippen molar-refractivity contribution in [3.8, 4) is 17.1 Å². The van der Waals surface area contributed by atoms with Crippen molar-refractivity contribution in [3.63, 3.8) is 0 Å². The van der Waals surface area contributed by atoms with E-state index in [-0.39, 0.29) is 23.2 Å². The molecule has 1 saturated carbocycles. The fourth-order valence-corrected chi connectivity index (χ4v) is 2.48. The van der Waals surface area contributed by atoms with Crippen LogP contribution in [-0.2, 0) is 10.9 Å². The zero-order valence-electron chi connectivity index (χ0n) is 13.1. The molecule has 0 saturated heterocycles. The summed E-state index contributed by atoms with van der Waals surface area (Å²) in [6, 6.07) is 4.43. The van der Waals surface area contributed by atoms with Crippen LogP contribution < -0.4 is 4.74 Å². The van der Waals surface area contributed by atoms with Gasteiger partial charge in [0.1, 0.15) is 11.6 Å². The van der Waals surface area contributed by atoms with Crippen LogP contribution in [0.15, 0.2) is 24.4 Å². The highest BCUT2D eigenvalue weighted by Crippen LogP contribution is 2.42. The topological polar surface area (TPSA) is 53.3 Å². The quantitative estimate of drug-likeness (QED) is 0.797. The molecule has 2 aromatic rings. The van der Waals surface area contributed by atoms with E-state index in [0.717, 1.165) is 19.0 Å². The van der Waals surface area contributed by atoms with Crippen LogP contribution in [-0.4, -0.2) is 29.7 Å². The third-order valence-electron chi connectivity index (χ3n) is 3.83. The summed E-state index contributed by atoms with van der Waals surface area (Å²) in [5.74, 6) is -0.112. The zero-order valence-corrected chi connectivity index (χ0v) is 13.1. The molecule has 0 amide bonds. The van der Waals surface area contributed by atoms with Crippen molar-refractivity contribution in [1.82, 2.24) is 9.55 Å². The first kappa shape index (κ1) is 16.4. The van der Waals surface area contributed by atoms with Gasteiger partial charge in [-0.3, -0.25) is 0 Å². The number of carbonyl (C=O) groups excluding carboxylic acids is 1. The SMILES string of the molecule is COC(=O)c1ccc(-c2nc(C(F)(F)F)cn2C2CC2)c(OC)c1. The molecule has 0 N–H and O–H groups in total. The predicted octanol–water partition coefficient (Wildman–Crippen LogP) is 3.70. The first-order valence-electron chi connectivity index (χ1n) is 7.28. The van der Waals surface area contributed by atoms with Crippen LogP contribution in [0, 0.1) is 0 Å². The minimum absolute atomic E-state index is 0.00795. The summed E-state index contributed by atoms with van der Waals surface area (Å²) in [5.41, 5.74) is -0.297. The third-order valence-corrected chi connectivity index (χ3v) is 3.83. The molecule has 3 rings (SSSR count). The van der Waals surface area contributed by atoms with Crippen LogP contribution >= 0.6 is 0 Å². The lowest BCUT2D eigenvalue weighted by Gasteiger charge is -2.11. The van der Waals surface area contributed by atoms with E-state index in [1.54, 1.807) is 0 Å². The van der Waals surface area contributed by atoms with Gasteiger partial charge in [-0.1, -0.05) is 0 Å². The molecule has 0 bridgehead atoms. The van der Waals surface area contributed by atoms with Crippen molar-refractivity contribution in [2.45, 2.75) is 25.1 Å². The number of ether oxygens (including phenoxy) is 2. The van der Waals surface area contributed by atoms with Gasteiger partial charge in [0.05, 0.1) is 25.3 Å². The van der Waals surface area contributed by atoms with E-state index < -0.39 is 17.8 Å². The summed E-state index contributed by atoms with van der Waals surface area (Å²) in [6.07, 6.45) is -1.87. The lowest BCUT2D eigenvalue weighted by atomic mass is 10.1. The largest absolute Gasteiger partial charge is 0.496 e. The van der Waals surface area contributed by atoms with E-state index >= 15 is 0 Å². The van der Waals surface area contributed by atoms with E-state index in [4.69, 9.17) is 4.74 Å². The first-order valence-corrected chi connectivity index (χ1v) is 7.28. The maximum Gasteiger partial charge on any atom is 0.434 e. The molecule has 1 aliphatic carbocycles. The Balaban J connectivity index is 2.11. The van der Waals surface area contributed by atoms with Crippen LogP contribution in [0.2, 0.25) is 0 Å². The van der Waals surface area contributed by atoms with E-state index in [2.05, 4.69) is 9.72 Å². The zero-order chi connectivity index (χ0) is 17.5. The molecule has 0 unspecified atom stereocenters. The van der Waals surface area contributed by atoms with Crippen molar-refractivity contribution in [2.24, 2.45) is 0 Å². The number of nitrogens with zero attached hydrogens (tertiary/aromatic N) is 2. The van der Waals surface area contributed by atoms with Crippen molar-refractivity contribution >= 4 is 5.97 Å². The van der Waals surface area contributed by atoms with Crippen molar-refractivity contribution in [2.75, 3.05) is 14.2 Å². The molecule has 5 nitrogen and oxygen atoms in total. The Labute approximate surface area is 136 Å². The number of benzene rings is 1. The number of aromatic nitrogens is 2. The standard InChI is InChI=1S/C16H15F3N2O3/c1-23-12-7-9(15(22)24-2)3-6-11(12)14-20-13(16(17,18)19)8-21(14)10-4-5-10/h3,6-8,10H,4-5H2,1-2H3. The molecule has 0 aliphatic heterocycles. The maximum atomic E-state index is 13.0. The minimum Gasteiger partial charge on any atom is -0.496 e. The molecule has 128 valence electrons.